The molecule has 0 spiro atoms. The van der Waals surface area contributed by atoms with Crippen LogP contribution >= 0.6 is 24.0 Å². The maximum atomic E-state index is 5.09. The quantitative estimate of drug-likeness (QED) is 0.280. The number of halogens is 1. The van der Waals surface area contributed by atoms with Crippen molar-refractivity contribution in [1.29, 1.82) is 0 Å². The SMILES string of the molecule is CCNC(=NCCCN(C)CCOC)N1CCC(C)(C)C1.I. The van der Waals surface area contributed by atoms with Crippen LogP contribution in [0.15, 0.2) is 4.99 Å². The van der Waals surface area contributed by atoms with Crippen LogP contribution in [0.1, 0.15) is 33.6 Å². The first kappa shape index (κ1) is 21.9. The third-order valence-corrected chi connectivity index (χ3v) is 3.95. The van der Waals surface area contributed by atoms with Crippen LogP contribution in [0, 0.1) is 5.41 Å². The van der Waals surface area contributed by atoms with Crippen LogP contribution in [0.2, 0.25) is 0 Å². The molecular formula is C16H35IN4O. The summed E-state index contributed by atoms with van der Waals surface area (Å²) in [4.78, 5) is 9.48. The monoisotopic (exact) mass is 426 g/mol. The van der Waals surface area contributed by atoms with E-state index in [1.54, 1.807) is 7.11 Å². The molecule has 1 aliphatic rings. The van der Waals surface area contributed by atoms with Gasteiger partial charge in [-0.1, -0.05) is 13.8 Å². The van der Waals surface area contributed by atoms with Crippen molar-refractivity contribution in [1.82, 2.24) is 15.1 Å². The molecule has 0 aromatic carbocycles. The molecule has 132 valence electrons. The zero-order chi connectivity index (χ0) is 15.7. The first-order valence-corrected chi connectivity index (χ1v) is 8.19. The Hall–Kier alpha value is -0.0800. The highest BCUT2D eigenvalue weighted by atomic mass is 127. The topological polar surface area (TPSA) is 40.1 Å². The summed E-state index contributed by atoms with van der Waals surface area (Å²) < 4.78 is 5.09. The number of nitrogens with one attached hydrogen (secondary N) is 1. The smallest absolute Gasteiger partial charge is 0.193 e. The van der Waals surface area contributed by atoms with Gasteiger partial charge in [-0.05, 0) is 38.8 Å². The largest absolute Gasteiger partial charge is 0.383 e. The predicted octanol–water partition coefficient (Wildman–Crippen LogP) is 2.27. The van der Waals surface area contributed by atoms with Crippen LogP contribution in [-0.4, -0.2) is 75.8 Å². The lowest BCUT2D eigenvalue weighted by atomic mass is 9.93. The van der Waals surface area contributed by atoms with Gasteiger partial charge >= 0.3 is 0 Å². The Bertz CT molecular complexity index is 323. The third kappa shape index (κ3) is 8.53. The van der Waals surface area contributed by atoms with Crippen molar-refractivity contribution in [3.8, 4) is 0 Å². The van der Waals surface area contributed by atoms with Crippen molar-refractivity contribution in [3.05, 3.63) is 0 Å². The van der Waals surface area contributed by atoms with E-state index in [-0.39, 0.29) is 24.0 Å². The van der Waals surface area contributed by atoms with Crippen LogP contribution in [0.25, 0.3) is 0 Å². The zero-order valence-corrected chi connectivity index (χ0v) is 17.4. The summed E-state index contributed by atoms with van der Waals surface area (Å²) >= 11 is 0. The van der Waals surface area contributed by atoms with Gasteiger partial charge in [0.15, 0.2) is 5.96 Å². The lowest BCUT2D eigenvalue weighted by Gasteiger charge is -2.23. The van der Waals surface area contributed by atoms with Crippen molar-refractivity contribution in [2.45, 2.75) is 33.6 Å². The highest BCUT2D eigenvalue weighted by molar-refractivity contribution is 14.0. The van der Waals surface area contributed by atoms with Gasteiger partial charge in [-0.25, -0.2) is 0 Å². The normalized spacial score (nSPS) is 17.7. The minimum atomic E-state index is 0. The second-order valence-corrected chi connectivity index (χ2v) is 6.72. The Balaban J connectivity index is 0.00000441. The van der Waals surface area contributed by atoms with Crippen molar-refractivity contribution >= 4 is 29.9 Å². The molecule has 22 heavy (non-hydrogen) atoms. The molecule has 0 amide bonds. The molecular weight excluding hydrogens is 391 g/mol. The van der Waals surface area contributed by atoms with Gasteiger partial charge in [-0.2, -0.15) is 0 Å². The molecule has 5 nitrogen and oxygen atoms in total. The summed E-state index contributed by atoms with van der Waals surface area (Å²) in [5.41, 5.74) is 0.413. The average molecular weight is 426 g/mol. The molecule has 0 aromatic heterocycles. The van der Waals surface area contributed by atoms with Crippen molar-refractivity contribution in [2.24, 2.45) is 10.4 Å². The fraction of sp³-hybridized carbons (Fsp3) is 0.938. The molecule has 0 unspecified atom stereocenters. The van der Waals surface area contributed by atoms with E-state index in [0.717, 1.165) is 58.3 Å². The minimum absolute atomic E-state index is 0. The summed E-state index contributed by atoms with van der Waals surface area (Å²) in [6.07, 6.45) is 2.34. The Labute approximate surface area is 153 Å². The van der Waals surface area contributed by atoms with E-state index in [2.05, 4.69) is 42.9 Å². The third-order valence-electron chi connectivity index (χ3n) is 3.95. The van der Waals surface area contributed by atoms with Gasteiger partial charge in [0.2, 0.25) is 0 Å². The fourth-order valence-electron chi connectivity index (χ4n) is 2.60. The Morgan fingerprint density at radius 3 is 2.64 bits per heavy atom. The zero-order valence-electron chi connectivity index (χ0n) is 15.0. The number of likely N-dealkylation sites (tertiary alicyclic amines) is 1. The van der Waals surface area contributed by atoms with Crippen LogP contribution < -0.4 is 5.32 Å². The van der Waals surface area contributed by atoms with Gasteiger partial charge in [0.25, 0.3) is 0 Å². The summed E-state index contributed by atoms with van der Waals surface area (Å²) in [5, 5.41) is 3.43. The Kier molecular flexibility index (Phi) is 11.4. The molecule has 0 aliphatic carbocycles. The molecule has 0 aromatic rings. The number of rotatable bonds is 8. The lowest BCUT2D eigenvalue weighted by molar-refractivity contribution is 0.161. The van der Waals surface area contributed by atoms with E-state index in [0.29, 0.717) is 5.41 Å². The number of hydrogen-bond donors (Lipinski definition) is 1. The summed E-state index contributed by atoms with van der Waals surface area (Å²) in [6, 6.07) is 0. The first-order valence-electron chi connectivity index (χ1n) is 8.19. The number of nitrogens with zero attached hydrogens (tertiary/aromatic N) is 3. The molecule has 0 atom stereocenters. The molecule has 0 bridgehead atoms. The van der Waals surface area contributed by atoms with E-state index in [4.69, 9.17) is 9.73 Å². The number of guanidine groups is 1. The molecule has 6 heteroatoms. The average Bonchev–Trinajstić information content (AvgIpc) is 2.80. The van der Waals surface area contributed by atoms with E-state index in [9.17, 15) is 0 Å². The highest BCUT2D eigenvalue weighted by Gasteiger charge is 2.30. The fourth-order valence-corrected chi connectivity index (χ4v) is 2.60. The van der Waals surface area contributed by atoms with Crippen LogP contribution in [0.4, 0.5) is 0 Å². The molecule has 1 aliphatic heterocycles. The van der Waals surface area contributed by atoms with E-state index in [1.165, 1.54) is 6.42 Å². The molecule has 1 N–H and O–H groups in total. The number of ether oxygens (including phenoxy) is 1. The second kappa shape index (κ2) is 11.5. The maximum Gasteiger partial charge on any atom is 0.193 e. The summed E-state index contributed by atoms with van der Waals surface area (Å²) in [5.74, 6) is 1.09. The van der Waals surface area contributed by atoms with E-state index < -0.39 is 0 Å². The van der Waals surface area contributed by atoms with Gasteiger partial charge in [-0.3, -0.25) is 4.99 Å². The first-order chi connectivity index (χ1) is 9.98. The molecule has 0 radical (unpaired) electrons. The maximum absolute atomic E-state index is 5.09. The highest BCUT2D eigenvalue weighted by Crippen LogP contribution is 2.28. The number of hydrogen-bond acceptors (Lipinski definition) is 3. The van der Waals surface area contributed by atoms with Gasteiger partial charge in [0.05, 0.1) is 6.61 Å². The predicted molar refractivity (Wildman–Crippen MR) is 105 cm³/mol. The van der Waals surface area contributed by atoms with Crippen LogP contribution in [0.5, 0.6) is 0 Å². The summed E-state index contributed by atoms with van der Waals surface area (Å²) in [7, 11) is 3.88. The van der Waals surface area contributed by atoms with Crippen molar-refractivity contribution in [2.75, 3.05) is 60.0 Å². The molecule has 1 saturated heterocycles. The number of aliphatic imine (C=N–C) groups is 1. The Morgan fingerprint density at radius 1 is 1.36 bits per heavy atom. The molecule has 0 saturated carbocycles. The van der Waals surface area contributed by atoms with Gasteiger partial charge in [0.1, 0.15) is 0 Å². The van der Waals surface area contributed by atoms with E-state index >= 15 is 0 Å². The molecule has 1 fully saturated rings. The standard InChI is InChI=1S/C16H34N4O.HI/c1-6-17-15(20-11-8-16(2,3)14-20)18-9-7-10-19(4)12-13-21-5;/h6-14H2,1-5H3,(H,17,18);1H. The van der Waals surface area contributed by atoms with Gasteiger partial charge in [-0.15, -0.1) is 24.0 Å². The van der Waals surface area contributed by atoms with E-state index in [1.807, 2.05) is 0 Å². The molecule has 1 rings (SSSR count). The minimum Gasteiger partial charge on any atom is -0.383 e. The van der Waals surface area contributed by atoms with Gasteiger partial charge in [0, 0.05) is 39.8 Å². The molecule has 1 heterocycles. The lowest BCUT2D eigenvalue weighted by Crippen LogP contribution is -2.40. The number of methoxy groups -OCH3 is 1. The Morgan fingerprint density at radius 2 is 2.09 bits per heavy atom. The van der Waals surface area contributed by atoms with Crippen molar-refractivity contribution in [3.63, 3.8) is 0 Å². The summed E-state index contributed by atoms with van der Waals surface area (Å²) in [6.45, 7) is 13.7. The van der Waals surface area contributed by atoms with Crippen LogP contribution in [0.3, 0.4) is 0 Å². The van der Waals surface area contributed by atoms with Crippen LogP contribution in [-0.2, 0) is 4.74 Å². The number of likely N-dealkylation sites (N-methyl/N-ethyl adjacent to an activating group) is 1. The second-order valence-electron chi connectivity index (χ2n) is 6.72. The van der Waals surface area contributed by atoms with Crippen molar-refractivity contribution < 1.29 is 4.74 Å². The van der Waals surface area contributed by atoms with Gasteiger partial charge < -0.3 is 19.9 Å².